The van der Waals surface area contributed by atoms with Crippen molar-refractivity contribution in [2.24, 2.45) is 0 Å². The molecule has 0 amide bonds. The highest BCUT2D eigenvalue weighted by molar-refractivity contribution is 7.16. The molecule has 0 aliphatic heterocycles. The summed E-state index contributed by atoms with van der Waals surface area (Å²) < 4.78 is 13.0. The van der Waals surface area contributed by atoms with Gasteiger partial charge in [0, 0.05) is 30.0 Å². The molecule has 0 spiro atoms. The smallest absolute Gasteiger partial charge is 0.206 e. The molecule has 1 N–H and O–H groups in total. The van der Waals surface area contributed by atoms with Gasteiger partial charge in [0.15, 0.2) is 11.5 Å². The van der Waals surface area contributed by atoms with E-state index >= 15 is 0 Å². The minimum absolute atomic E-state index is 0.0419. The van der Waals surface area contributed by atoms with Gasteiger partial charge in [-0.3, -0.25) is 9.89 Å². The van der Waals surface area contributed by atoms with E-state index in [-0.39, 0.29) is 5.78 Å². The van der Waals surface area contributed by atoms with Crippen LogP contribution in [0.5, 0.6) is 11.5 Å². The fourth-order valence-electron chi connectivity index (χ4n) is 5.39. The van der Waals surface area contributed by atoms with Crippen LogP contribution in [0.1, 0.15) is 106 Å². The summed E-state index contributed by atoms with van der Waals surface area (Å²) in [5.74, 6) is 1.95. The van der Waals surface area contributed by atoms with Crippen LogP contribution >= 0.6 is 11.3 Å². The molecule has 0 saturated carbocycles. The molecular weight excluding hydrogens is 570 g/mol. The van der Waals surface area contributed by atoms with Crippen LogP contribution in [-0.4, -0.2) is 52.9 Å². The maximum absolute atomic E-state index is 14.2. The van der Waals surface area contributed by atoms with E-state index < -0.39 is 0 Å². The Morgan fingerprint density at radius 3 is 2.36 bits per heavy atom. The maximum atomic E-state index is 14.2. The molecule has 3 heterocycles. The van der Waals surface area contributed by atoms with E-state index in [2.05, 4.69) is 66.1 Å². The van der Waals surface area contributed by atoms with Crippen LogP contribution in [-0.2, 0) is 6.42 Å². The van der Waals surface area contributed by atoms with E-state index in [0.29, 0.717) is 35.1 Å². The molecule has 0 bridgehead atoms. The molecule has 9 heteroatoms. The van der Waals surface area contributed by atoms with Crippen molar-refractivity contribution in [2.45, 2.75) is 91.9 Å². The number of thiophene rings is 1. The lowest BCUT2D eigenvalue weighted by atomic mass is 9.97. The number of benzene rings is 1. The van der Waals surface area contributed by atoms with Crippen molar-refractivity contribution >= 4 is 27.8 Å². The molecule has 0 unspecified atom stereocenters. The molecule has 0 aliphatic rings. The van der Waals surface area contributed by atoms with E-state index in [1.807, 2.05) is 34.1 Å². The number of nitrogens with zero attached hydrogens (tertiary/aromatic N) is 4. The van der Waals surface area contributed by atoms with Crippen LogP contribution in [0.4, 0.5) is 5.00 Å². The Bertz CT molecular complexity index is 1520. The molecule has 238 valence electrons. The Balaban J connectivity index is 1.81. The molecule has 0 radical (unpaired) electrons. The number of anilines is 1. The molecule has 4 rings (SSSR count). The third kappa shape index (κ3) is 7.73. The van der Waals surface area contributed by atoms with Gasteiger partial charge in [-0.15, -0.1) is 21.5 Å². The maximum Gasteiger partial charge on any atom is 0.206 e. The Morgan fingerprint density at radius 1 is 0.955 bits per heavy atom. The minimum Gasteiger partial charge on any atom is -0.497 e. The number of aromatic amines is 1. The fraction of sp³-hybridized carbons (Fsp3) is 0.514. The number of fused-ring (bicyclic) bond motifs is 1. The number of ether oxygens (including phenoxy) is 2. The molecule has 3 aromatic heterocycles. The number of Topliss-reactive ketones (excluding diaryl/α,β-unsaturated/α-hetero) is 1. The lowest BCUT2D eigenvalue weighted by Gasteiger charge is -2.22. The number of hydrogen-bond donors (Lipinski definition) is 1. The standard InChI is InChI=1S/C35H49N5O3S/c1-7-11-15-25(16-12-8-2)33(41)32-29(24-27-18-20-31(44-27)39(21-13-9-3)22-14-10-4)35-37-36-34(40(35)38-32)28-23-26(42-5)17-19-30(28)43-6/h15,17-20,23,38H,7-14,16,21-22,24H2,1-6H3. The number of nitrogens with one attached hydrogen (secondary N) is 1. The lowest BCUT2D eigenvalue weighted by Crippen LogP contribution is -2.24. The average molecular weight is 620 g/mol. The summed E-state index contributed by atoms with van der Waals surface area (Å²) in [5.41, 5.74) is 3.71. The first-order chi connectivity index (χ1) is 21.5. The first-order valence-corrected chi connectivity index (χ1v) is 17.1. The van der Waals surface area contributed by atoms with Crippen molar-refractivity contribution in [3.63, 3.8) is 0 Å². The zero-order valence-corrected chi connectivity index (χ0v) is 28.2. The van der Waals surface area contributed by atoms with E-state index in [4.69, 9.17) is 9.47 Å². The van der Waals surface area contributed by atoms with Crippen molar-refractivity contribution < 1.29 is 14.3 Å². The highest BCUT2D eigenvalue weighted by Gasteiger charge is 2.26. The van der Waals surface area contributed by atoms with Crippen molar-refractivity contribution in [2.75, 3.05) is 32.2 Å². The summed E-state index contributed by atoms with van der Waals surface area (Å²) in [7, 11) is 3.27. The highest BCUT2D eigenvalue weighted by atomic mass is 32.1. The third-order valence-electron chi connectivity index (χ3n) is 7.98. The van der Waals surface area contributed by atoms with Gasteiger partial charge >= 0.3 is 0 Å². The van der Waals surface area contributed by atoms with Gasteiger partial charge in [0.25, 0.3) is 0 Å². The number of H-pyrrole nitrogens is 1. The number of ketones is 1. The predicted octanol–water partition coefficient (Wildman–Crippen LogP) is 8.90. The second kappa shape index (κ2) is 16.5. The van der Waals surface area contributed by atoms with Gasteiger partial charge < -0.3 is 14.4 Å². The zero-order chi connectivity index (χ0) is 31.5. The normalized spacial score (nSPS) is 11.8. The molecule has 0 fully saturated rings. The van der Waals surface area contributed by atoms with Gasteiger partial charge in [-0.05, 0) is 68.0 Å². The van der Waals surface area contributed by atoms with Crippen LogP contribution in [0.25, 0.3) is 17.0 Å². The first-order valence-electron chi connectivity index (χ1n) is 16.2. The number of methoxy groups -OCH3 is 2. The van der Waals surface area contributed by atoms with Crippen LogP contribution in [0.3, 0.4) is 0 Å². The number of carbonyl (C=O) groups excluding carboxylic acids is 1. The van der Waals surface area contributed by atoms with Crippen LogP contribution in [0.15, 0.2) is 42.0 Å². The van der Waals surface area contributed by atoms with E-state index in [1.54, 1.807) is 14.2 Å². The van der Waals surface area contributed by atoms with Gasteiger partial charge in [0.2, 0.25) is 5.78 Å². The SMILES string of the molecule is CCCC=C(CCCC)C(=O)c1[nH]n2c(-c3cc(OC)ccc3OC)nnc2c1Cc1ccc(N(CCCC)CCCC)s1. The molecule has 0 aliphatic carbocycles. The van der Waals surface area contributed by atoms with Crippen molar-refractivity contribution in [3.05, 3.63) is 58.1 Å². The third-order valence-corrected chi connectivity index (χ3v) is 9.12. The molecule has 0 atom stereocenters. The Hall–Kier alpha value is -3.59. The number of carbonyl (C=O) groups is 1. The van der Waals surface area contributed by atoms with Gasteiger partial charge in [0.05, 0.1) is 24.8 Å². The van der Waals surface area contributed by atoms with E-state index in [9.17, 15) is 4.79 Å². The quantitative estimate of drug-likeness (QED) is 0.0833. The van der Waals surface area contributed by atoms with Crippen LogP contribution in [0, 0.1) is 0 Å². The molecular formula is C35H49N5O3S. The fourth-order valence-corrected chi connectivity index (χ4v) is 6.45. The van der Waals surface area contributed by atoms with Crippen molar-refractivity contribution in [1.29, 1.82) is 0 Å². The lowest BCUT2D eigenvalue weighted by molar-refractivity contribution is 0.102. The summed E-state index contributed by atoms with van der Waals surface area (Å²) >= 11 is 1.81. The second-order valence-electron chi connectivity index (χ2n) is 11.3. The largest absolute Gasteiger partial charge is 0.497 e. The summed E-state index contributed by atoms with van der Waals surface area (Å²) in [6.45, 7) is 10.9. The second-order valence-corrected chi connectivity index (χ2v) is 12.4. The number of unbranched alkanes of at least 4 members (excludes halogenated alkanes) is 4. The number of aromatic nitrogens is 4. The Labute approximate surface area is 266 Å². The Kier molecular flexibility index (Phi) is 12.5. The molecule has 8 nitrogen and oxygen atoms in total. The average Bonchev–Trinajstić information content (AvgIpc) is 3.77. The highest BCUT2D eigenvalue weighted by Crippen LogP contribution is 2.35. The first kappa shape index (κ1) is 33.3. The monoisotopic (exact) mass is 619 g/mol. The summed E-state index contributed by atoms with van der Waals surface area (Å²) in [6.07, 6.45) is 12.1. The van der Waals surface area contributed by atoms with Gasteiger partial charge in [0.1, 0.15) is 17.2 Å². The van der Waals surface area contributed by atoms with Crippen molar-refractivity contribution in [1.82, 2.24) is 19.8 Å². The topological polar surface area (TPSA) is 84.8 Å². The predicted molar refractivity (Wildman–Crippen MR) is 182 cm³/mol. The number of allylic oxidation sites excluding steroid dienone is 2. The van der Waals surface area contributed by atoms with Crippen LogP contribution in [0.2, 0.25) is 0 Å². The van der Waals surface area contributed by atoms with E-state index in [0.717, 1.165) is 61.9 Å². The molecule has 4 aromatic rings. The summed E-state index contributed by atoms with van der Waals surface area (Å²) in [6, 6.07) is 10.0. The molecule has 0 saturated heterocycles. The summed E-state index contributed by atoms with van der Waals surface area (Å²) in [4.78, 5) is 18.0. The Morgan fingerprint density at radius 2 is 1.70 bits per heavy atom. The number of hydrogen-bond acceptors (Lipinski definition) is 7. The van der Waals surface area contributed by atoms with E-state index in [1.165, 1.54) is 35.6 Å². The number of rotatable bonds is 19. The summed E-state index contributed by atoms with van der Waals surface area (Å²) in [5, 5.41) is 13.9. The van der Waals surface area contributed by atoms with Gasteiger partial charge in [-0.1, -0.05) is 59.5 Å². The van der Waals surface area contributed by atoms with Gasteiger partial charge in [-0.2, -0.15) is 0 Å². The van der Waals surface area contributed by atoms with Gasteiger partial charge in [-0.25, -0.2) is 4.52 Å². The van der Waals surface area contributed by atoms with Crippen LogP contribution < -0.4 is 14.4 Å². The molecule has 44 heavy (non-hydrogen) atoms. The van der Waals surface area contributed by atoms with Crippen molar-refractivity contribution in [3.8, 4) is 22.9 Å². The molecule has 1 aromatic carbocycles. The zero-order valence-electron chi connectivity index (χ0n) is 27.4. The minimum atomic E-state index is 0.0419.